The molecule has 1 amide bonds. The summed E-state index contributed by atoms with van der Waals surface area (Å²) in [6.45, 7) is 3.76. The number of carbonyl (C=O) groups is 1. The second-order valence-corrected chi connectivity index (χ2v) is 7.01. The number of benzene rings is 2. The van der Waals surface area contributed by atoms with Crippen molar-refractivity contribution in [2.45, 2.75) is 19.4 Å². The van der Waals surface area contributed by atoms with Crippen LogP contribution in [0.25, 0.3) is 0 Å². The highest BCUT2D eigenvalue weighted by Gasteiger charge is 2.21. The third-order valence-electron chi connectivity index (χ3n) is 5.05. The lowest BCUT2D eigenvalue weighted by molar-refractivity contribution is 0.0927. The van der Waals surface area contributed by atoms with Crippen molar-refractivity contribution in [1.29, 1.82) is 0 Å². The van der Waals surface area contributed by atoms with Gasteiger partial charge in [-0.05, 0) is 49.1 Å². The summed E-state index contributed by atoms with van der Waals surface area (Å²) in [6.07, 6.45) is 2.30. The summed E-state index contributed by atoms with van der Waals surface area (Å²) in [7, 11) is 3.16. The predicted octanol–water partition coefficient (Wildman–Crippen LogP) is 3.35. The molecule has 1 heterocycles. The Kier molecular flexibility index (Phi) is 6.71. The van der Waals surface area contributed by atoms with Crippen LogP contribution in [0.4, 0.5) is 0 Å². The van der Waals surface area contributed by atoms with Gasteiger partial charge in [0.2, 0.25) is 0 Å². The summed E-state index contributed by atoms with van der Waals surface area (Å²) < 4.78 is 10.5. The average molecular weight is 368 g/mol. The highest BCUT2D eigenvalue weighted by atomic mass is 16.5. The molecule has 1 aliphatic heterocycles. The summed E-state index contributed by atoms with van der Waals surface area (Å²) in [4.78, 5) is 15.1. The molecule has 5 heteroatoms. The minimum Gasteiger partial charge on any atom is -0.497 e. The molecule has 1 atom stereocenters. The Bertz CT molecular complexity index is 748. The molecule has 0 spiro atoms. The molecule has 0 saturated carbocycles. The van der Waals surface area contributed by atoms with Crippen molar-refractivity contribution < 1.29 is 14.3 Å². The van der Waals surface area contributed by atoms with Gasteiger partial charge in [0.1, 0.15) is 11.5 Å². The molecule has 0 bridgehead atoms. The summed E-state index contributed by atoms with van der Waals surface area (Å²) in [5, 5.41) is 3.08. The van der Waals surface area contributed by atoms with E-state index in [1.165, 1.54) is 5.56 Å². The van der Waals surface area contributed by atoms with Crippen LogP contribution in [0.2, 0.25) is 0 Å². The summed E-state index contributed by atoms with van der Waals surface area (Å²) >= 11 is 0. The number of hydrogen-bond acceptors (Lipinski definition) is 4. The smallest absolute Gasteiger partial charge is 0.255 e. The highest BCUT2D eigenvalue weighted by molar-refractivity contribution is 5.97. The largest absolute Gasteiger partial charge is 0.497 e. The molecule has 5 nitrogen and oxygen atoms in total. The van der Waals surface area contributed by atoms with Crippen LogP contribution in [0, 0.1) is 5.92 Å². The molecule has 144 valence electrons. The number of ether oxygens (including phenoxy) is 2. The number of hydrogen-bond donors (Lipinski definition) is 1. The molecule has 3 rings (SSSR count). The van der Waals surface area contributed by atoms with Crippen molar-refractivity contribution in [3.8, 4) is 11.5 Å². The van der Waals surface area contributed by atoms with Gasteiger partial charge in [0.25, 0.3) is 5.91 Å². The average Bonchev–Trinajstić information content (AvgIpc) is 2.72. The molecule has 1 unspecified atom stereocenters. The zero-order valence-corrected chi connectivity index (χ0v) is 16.1. The van der Waals surface area contributed by atoms with E-state index in [2.05, 4.69) is 34.5 Å². The number of nitrogens with one attached hydrogen (secondary N) is 1. The van der Waals surface area contributed by atoms with Crippen LogP contribution >= 0.6 is 0 Å². The number of amides is 1. The monoisotopic (exact) mass is 368 g/mol. The van der Waals surface area contributed by atoms with Gasteiger partial charge < -0.3 is 14.8 Å². The van der Waals surface area contributed by atoms with Crippen LogP contribution in [0.15, 0.2) is 48.5 Å². The summed E-state index contributed by atoms with van der Waals surface area (Å²) in [5.41, 5.74) is 1.84. The van der Waals surface area contributed by atoms with E-state index in [-0.39, 0.29) is 5.91 Å². The first-order valence-corrected chi connectivity index (χ1v) is 9.46. The minimum absolute atomic E-state index is 0.120. The maximum atomic E-state index is 12.6. The number of likely N-dealkylation sites (tertiary alicyclic amines) is 1. The predicted molar refractivity (Wildman–Crippen MR) is 106 cm³/mol. The standard InChI is InChI=1S/C22H28N2O3/c1-26-19-10-11-21(27-2)20(13-19)22(25)23-14-18-9-6-12-24(16-18)15-17-7-4-3-5-8-17/h3-5,7-8,10-11,13,18H,6,9,12,14-16H2,1-2H3,(H,23,25). The van der Waals surface area contributed by atoms with Crippen molar-refractivity contribution >= 4 is 5.91 Å². The molecule has 0 aliphatic carbocycles. The molecule has 2 aromatic carbocycles. The van der Waals surface area contributed by atoms with Gasteiger partial charge in [0.05, 0.1) is 19.8 Å². The third kappa shape index (κ3) is 5.23. The van der Waals surface area contributed by atoms with Gasteiger partial charge in [0, 0.05) is 19.6 Å². The molecule has 0 aromatic heterocycles. The van der Waals surface area contributed by atoms with Crippen molar-refractivity contribution in [3.63, 3.8) is 0 Å². The lowest BCUT2D eigenvalue weighted by Crippen LogP contribution is -2.40. The SMILES string of the molecule is COc1ccc(OC)c(C(=O)NCC2CCCN(Cc3ccccc3)C2)c1. The van der Waals surface area contributed by atoms with Crippen molar-refractivity contribution in [1.82, 2.24) is 10.2 Å². The fourth-order valence-electron chi connectivity index (χ4n) is 3.63. The van der Waals surface area contributed by atoms with Crippen molar-refractivity contribution in [3.05, 3.63) is 59.7 Å². The maximum absolute atomic E-state index is 12.6. The number of carbonyl (C=O) groups excluding carboxylic acids is 1. The first-order valence-electron chi connectivity index (χ1n) is 9.46. The first kappa shape index (κ1) is 19.2. The molecule has 2 aromatic rings. The first-order chi connectivity index (χ1) is 13.2. The van der Waals surface area contributed by atoms with E-state index in [0.29, 0.717) is 29.5 Å². The fourth-order valence-corrected chi connectivity index (χ4v) is 3.63. The highest BCUT2D eigenvalue weighted by Crippen LogP contribution is 2.24. The van der Waals surface area contributed by atoms with Gasteiger partial charge in [-0.2, -0.15) is 0 Å². The van der Waals surface area contributed by atoms with Crippen molar-refractivity contribution in [2.75, 3.05) is 33.9 Å². The van der Waals surface area contributed by atoms with Crippen LogP contribution in [0.1, 0.15) is 28.8 Å². The summed E-state index contributed by atoms with van der Waals surface area (Å²) in [5.74, 6) is 1.55. The number of piperidine rings is 1. The van der Waals surface area contributed by atoms with Gasteiger partial charge in [0.15, 0.2) is 0 Å². The third-order valence-corrected chi connectivity index (χ3v) is 5.05. The number of methoxy groups -OCH3 is 2. The Morgan fingerprint density at radius 2 is 1.96 bits per heavy atom. The van der Waals surface area contributed by atoms with Gasteiger partial charge in [-0.1, -0.05) is 30.3 Å². The zero-order chi connectivity index (χ0) is 19.1. The lowest BCUT2D eigenvalue weighted by Gasteiger charge is -2.32. The Morgan fingerprint density at radius 3 is 2.70 bits per heavy atom. The number of nitrogens with zero attached hydrogens (tertiary/aromatic N) is 1. The van der Waals surface area contributed by atoms with Gasteiger partial charge in [-0.15, -0.1) is 0 Å². The Balaban J connectivity index is 1.55. The molecule has 1 N–H and O–H groups in total. The van der Waals surface area contributed by atoms with Crippen LogP contribution < -0.4 is 14.8 Å². The molecule has 0 radical (unpaired) electrons. The second kappa shape index (κ2) is 9.42. The maximum Gasteiger partial charge on any atom is 0.255 e. The van der Waals surface area contributed by atoms with E-state index < -0.39 is 0 Å². The van der Waals surface area contributed by atoms with Crippen LogP contribution in [0.3, 0.4) is 0 Å². The Morgan fingerprint density at radius 1 is 1.15 bits per heavy atom. The fraction of sp³-hybridized carbons (Fsp3) is 0.409. The van der Waals surface area contributed by atoms with Crippen LogP contribution in [-0.4, -0.2) is 44.7 Å². The molecule has 1 saturated heterocycles. The Labute approximate surface area is 161 Å². The molecule has 27 heavy (non-hydrogen) atoms. The van der Waals surface area contributed by atoms with E-state index in [4.69, 9.17) is 9.47 Å². The van der Waals surface area contributed by atoms with Gasteiger partial charge >= 0.3 is 0 Å². The minimum atomic E-state index is -0.120. The molecule has 1 aliphatic rings. The van der Waals surface area contributed by atoms with Crippen LogP contribution in [0.5, 0.6) is 11.5 Å². The van der Waals surface area contributed by atoms with Crippen LogP contribution in [-0.2, 0) is 6.54 Å². The summed E-state index contributed by atoms with van der Waals surface area (Å²) in [6, 6.07) is 15.8. The molecular formula is C22H28N2O3. The van der Waals surface area contributed by atoms with Gasteiger partial charge in [-0.3, -0.25) is 9.69 Å². The van der Waals surface area contributed by atoms with E-state index >= 15 is 0 Å². The van der Waals surface area contributed by atoms with E-state index in [0.717, 1.165) is 32.5 Å². The van der Waals surface area contributed by atoms with E-state index in [9.17, 15) is 4.79 Å². The second-order valence-electron chi connectivity index (χ2n) is 7.01. The topological polar surface area (TPSA) is 50.8 Å². The van der Waals surface area contributed by atoms with E-state index in [1.807, 2.05) is 6.07 Å². The Hall–Kier alpha value is -2.53. The normalized spacial score (nSPS) is 17.3. The quantitative estimate of drug-likeness (QED) is 0.814. The van der Waals surface area contributed by atoms with Gasteiger partial charge in [-0.25, -0.2) is 0 Å². The number of rotatable bonds is 7. The molecule has 1 fully saturated rings. The lowest BCUT2D eigenvalue weighted by atomic mass is 9.97. The van der Waals surface area contributed by atoms with Crippen molar-refractivity contribution in [2.24, 2.45) is 5.92 Å². The zero-order valence-electron chi connectivity index (χ0n) is 16.1. The molecular weight excluding hydrogens is 340 g/mol. The van der Waals surface area contributed by atoms with E-state index in [1.54, 1.807) is 32.4 Å².